The van der Waals surface area contributed by atoms with Crippen LogP contribution >= 0.6 is 0 Å². The quantitative estimate of drug-likeness (QED) is 0.535. The first kappa shape index (κ1) is 20.1. The molecule has 1 aromatic rings. The lowest BCUT2D eigenvalue weighted by atomic mass is 9.86. The third-order valence-corrected chi connectivity index (χ3v) is 7.98. The Hall–Kier alpha value is -2.16. The van der Waals surface area contributed by atoms with E-state index < -0.39 is 14.8 Å². The Morgan fingerprint density at radius 3 is 2.45 bits per heavy atom. The Kier molecular flexibility index (Phi) is 5.27. The van der Waals surface area contributed by atoms with Crippen LogP contribution in [0.1, 0.15) is 32.1 Å². The molecule has 3 atom stereocenters. The van der Waals surface area contributed by atoms with Crippen LogP contribution in [0.25, 0.3) is 0 Å². The van der Waals surface area contributed by atoms with Crippen LogP contribution in [0.4, 0.5) is 11.4 Å². The van der Waals surface area contributed by atoms with Gasteiger partial charge in [-0.05, 0) is 49.1 Å². The summed E-state index contributed by atoms with van der Waals surface area (Å²) >= 11 is 0. The van der Waals surface area contributed by atoms with Crippen molar-refractivity contribution >= 4 is 27.1 Å². The molecule has 1 aliphatic heterocycles. The number of sulfone groups is 1. The van der Waals surface area contributed by atoms with Gasteiger partial charge in [-0.25, -0.2) is 8.42 Å². The fourth-order valence-electron chi connectivity index (χ4n) is 5.32. The van der Waals surface area contributed by atoms with Crippen molar-refractivity contribution in [1.82, 2.24) is 4.90 Å². The third-order valence-electron chi connectivity index (χ3n) is 6.87. The number of nitro benzene ring substituents is 1. The summed E-state index contributed by atoms with van der Waals surface area (Å²) in [4.78, 5) is 27.4. The second-order valence-electron chi connectivity index (χ2n) is 8.69. The van der Waals surface area contributed by atoms with Gasteiger partial charge in [0.2, 0.25) is 5.91 Å². The Balaban J connectivity index is 1.40. The molecular formula is C20H27N3O5S. The van der Waals surface area contributed by atoms with Gasteiger partial charge in [0.25, 0.3) is 5.69 Å². The van der Waals surface area contributed by atoms with Crippen molar-refractivity contribution < 1.29 is 18.1 Å². The standard InChI is InChI=1S/C20H27N3O5S/c1-29(27,28)17-4-5-18(19(13-17)23(25)26)21-6-8-22(9-7-21)20(24)12-16-11-14-2-3-15(16)10-14/h4-5,13-16H,2-3,6-12H2,1H3/t14-,15-,16+/m1/s1. The van der Waals surface area contributed by atoms with Crippen molar-refractivity contribution in [3.8, 4) is 0 Å². The molecule has 1 saturated heterocycles. The zero-order chi connectivity index (χ0) is 20.8. The molecule has 2 aliphatic carbocycles. The van der Waals surface area contributed by atoms with E-state index in [1.807, 2.05) is 9.80 Å². The van der Waals surface area contributed by atoms with E-state index in [9.17, 15) is 23.3 Å². The molecule has 3 aliphatic rings. The minimum Gasteiger partial charge on any atom is -0.362 e. The van der Waals surface area contributed by atoms with Gasteiger partial charge in [-0.3, -0.25) is 14.9 Å². The zero-order valence-corrected chi connectivity index (χ0v) is 17.4. The lowest BCUT2D eigenvalue weighted by Gasteiger charge is -2.36. The van der Waals surface area contributed by atoms with Crippen LogP contribution in [0.5, 0.6) is 0 Å². The molecule has 0 radical (unpaired) electrons. The van der Waals surface area contributed by atoms with Crippen molar-refractivity contribution in [2.24, 2.45) is 17.8 Å². The van der Waals surface area contributed by atoms with Crippen LogP contribution in [0.15, 0.2) is 23.1 Å². The van der Waals surface area contributed by atoms with E-state index >= 15 is 0 Å². The van der Waals surface area contributed by atoms with Crippen molar-refractivity contribution in [3.63, 3.8) is 0 Å². The van der Waals surface area contributed by atoms with Gasteiger partial charge in [0.15, 0.2) is 9.84 Å². The largest absolute Gasteiger partial charge is 0.362 e. The number of carbonyl (C=O) groups is 1. The summed E-state index contributed by atoms with van der Waals surface area (Å²) in [5.41, 5.74) is 0.192. The van der Waals surface area contributed by atoms with E-state index in [1.54, 1.807) is 0 Å². The maximum atomic E-state index is 12.7. The summed E-state index contributed by atoms with van der Waals surface area (Å²) in [6.07, 6.45) is 6.74. The van der Waals surface area contributed by atoms with Crippen molar-refractivity contribution in [2.45, 2.75) is 37.0 Å². The number of benzene rings is 1. The van der Waals surface area contributed by atoms with Gasteiger partial charge in [0.05, 0.1) is 9.82 Å². The molecule has 2 bridgehead atoms. The second-order valence-corrected chi connectivity index (χ2v) is 10.7. The Morgan fingerprint density at radius 2 is 1.90 bits per heavy atom. The first-order valence-electron chi connectivity index (χ1n) is 10.2. The smallest absolute Gasteiger partial charge is 0.293 e. The minimum atomic E-state index is -3.52. The molecule has 3 fully saturated rings. The first-order valence-corrected chi connectivity index (χ1v) is 12.1. The third kappa shape index (κ3) is 4.10. The van der Waals surface area contributed by atoms with Crippen LogP contribution in [0.2, 0.25) is 0 Å². The summed E-state index contributed by atoms with van der Waals surface area (Å²) in [6.45, 7) is 2.07. The topological polar surface area (TPSA) is 101 Å². The number of nitro groups is 1. The highest BCUT2D eigenvalue weighted by Crippen LogP contribution is 2.49. The average molecular weight is 422 g/mol. The Morgan fingerprint density at radius 1 is 1.17 bits per heavy atom. The maximum absolute atomic E-state index is 12.7. The van der Waals surface area contributed by atoms with Crippen LogP contribution in [0.3, 0.4) is 0 Å². The fraction of sp³-hybridized carbons (Fsp3) is 0.650. The fourth-order valence-corrected chi connectivity index (χ4v) is 5.97. The number of anilines is 1. The summed E-state index contributed by atoms with van der Waals surface area (Å²) in [7, 11) is -3.52. The lowest BCUT2D eigenvalue weighted by Crippen LogP contribution is -2.49. The van der Waals surface area contributed by atoms with E-state index in [1.165, 1.54) is 37.8 Å². The molecule has 1 heterocycles. The van der Waals surface area contributed by atoms with Crippen molar-refractivity contribution in [3.05, 3.63) is 28.3 Å². The van der Waals surface area contributed by atoms with Gasteiger partial charge in [-0.2, -0.15) is 0 Å². The van der Waals surface area contributed by atoms with Crippen molar-refractivity contribution in [2.75, 3.05) is 37.3 Å². The monoisotopic (exact) mass is 421 g/mol. The molecule has 4 rings (SSSR count). The van der Waals surface area contributed by atoms with Gasteiger partial charge in [-0.15, -0.1) is 0 Å². The molecule has 29 heavy (non-hydrogen) atoms. The molecule has 1 aromatic carbocycles. The molecule has 0 unspecified atom stereocenters. The number of hydrogen-bond acceptors (Lipinski definition) is 6. The molecule has 2 saturated carbocycles. The lowest BCUT2D eigenvalue weighted by molar-refractivity contribution is -0.384. The van der Waals surface area contributed by atoms with Crippen LogP contribution in [0, 0.1) is 27.9 Å². The highest BCUT2D eigenvalue weighted by Gasteiger charge is 2.41. The van der Waals surface area contributed by atoms with Crippen LogP contribution < -0.4 is 4.90 Å². The van der Waals surface area contributed by atoms with E-state index in [0.29, 0.717) is 44.2 Å². The predicted molar refractivity (Wildman–Crippen MR) is 109 cm³/mol. The van der Waals surface area contributed by atoms with Crippen LogP contribution in [-0.4, -0.2) is 56.6 Å². The summed E-state index contributed by atoms with van der Waals surface area (Å²) in [5, 5.41) is 11.5. The SMILES string of the molecule is CS(=O)(=O)c1ccc(N2CCN(C(=O)C[C@@H]3C[C@@H]4CC[C@@H]3C4)CC2)c([N+](=O)[O-])c1. The highest BCUT2D eigenvalue weighted by atomic mass is 32.2. The number of rotatable bonds is 5. The minimum absolute atomic E-state index is 0.0624. The van der Waals surface area contributed by atoms with Gasteiger partial charge in [-0.1, -0.05) is 6.42 Å². The van der Waals surface area contributed by atoms with Crippen LogP contribution in [-0.2, 0) is 14.6 Å². The van der Waals surface area contributed by atoms with Gasteiger partial charge >= 0.3 is 0 Å². The molecular weight excluding hydrogens is 394 g/mol. The van der Waals surface area contributed by atoms with E-state index in [4.69, 9.17) is 0 Å². The molecule has 0 N–H and O–H groups in total. The number of fused-ring (bicyclic) bond motifs is 2. The number of hydrogen-bond donors (Lipinski definition) is 0. The Labute approximate surface area is 170 Å². The summed E-state index contributed by atoms with van der Waals surface area (Å²) in [5.74, 6) is 2.28. The first-order chi connectivity index (χ1) is 13.7. The van der Waals surface area contributed by atoms with Gasteiger partial charge in [0, 0.05) is 44.9 Å². The maximum Gasteiger partial charge on any atom is 0.293 e. The van der Waals surface area contributed by atoms with Crippen molar-refractivity contribution in [1.29, 1.82) is 0 Å². The summed E-state index contributed by atoms with van der Waals surface area (Å²) in [6, 6.07) is 4.03. The number of amides is 1. The van der Waals surface area contributed by atoms with Gasteiger partial charge in [0.1, 0.15) is 5.69 Å². The predicted octanol–water partition coefficient (Wildman–Crippen LogP) is 2.47. The molecule has 158 valence electrons. The molecule has 1 amide bonds. The average Bonchev–Trinajstić information content (AvgIpc) is 3.30. The highest BCUT2D eigenvalue weighted by molar-refractivity contribution is 7.90. The molecule has 0 aromatic heterocycles. The van der Waals surface area contributed by atoms with E-state index in [0.717, 1.165) is 24.2 Å². The van der Waals surface area contributed by atoms with E-state index in [-0.39, 0.29) is 16.5 Å². The number of nitrogens with zero attached hydrogens (tertiary/aromatic N) is 3. The normalized spacial score (nSPS) is 26.7. The number of carbonyl (C=O) groups excluding carboxylic acids is 1. The van der Waals surface area contributed by atoms with E-state index in [2.05, 4.69) is 0 Å². The van der Waals surface area contributed by atoms with Gasteiger partial charge < -0.3 is 9.80 Å². The molecule has 0 spiro atoms. The Bertz CT molecular complexity index is 924. The molecule has 8 nitrogen and oxygen atoms in total. The molecule has 9 heteroatoms. The zero-order valence-electron chi connectivity index (χ0n) is 16.6. The summed E-state index contributed by atoms with van der Waals surface area (Å²) < 4.78 is 23.4. The number of piperazine rings is 1. The second kappa shape index (κ2) is 7.59.